The van der Waals surface area contributed by atoms with Crippen molar-refractivity contribution in [1.29, 1.82) is 0 Å². The SMILES string of the molecule is CCCC(=O)C1CCCc2ccccc2C1=O. The van der Waals surface area contributed by atoms with Gasteiger partial charge in [-0.15, -0.1) is 0 Å². The maximum Gasteiger partial charge on any atom is 0.173 e. The van der Waals surface area contributed by atoms with Crippen LogP contribution in [0, 0.1) is 5.92 Å². The predicted molar refractivity (Wildman–Crippen MR) is 67.1 cm³/mol. The average molecular weight is 230 g/mol. The standard InChI is InChI=1S/C15H18O2/c1-2-6-14(16)13-10-5-8-11-7-3-4-9-12(11)15(13)17/h3-4,7,9,13H,2,5-6,8,10H2,1H3. The van der Waals surface area contributed by atoms with Crippen LogP contribution in [0.2, 0.25) is 0 Å². The molecule has 0 aromatic heterocycles. The van der Waals surface area contributed by atoms with Gasteiger partial charge in [0.25, 0.3) is 0 Å². The minimum Gasteiger partial charge on any atom is -0.299 e. The number of carbonyl (C=O) groups excluding carboxylic acids is 2. The summed E-state index contributed by atoms with van der Waals surface area (Å²) in [6.45, 7) is 1.98. The topological polar surface area (TPSA) is 34.1 Å². The molecule has 0 fully saturated rings. The molecule has 0 saturated heterocycles. The highest BCUT2D eigenvalue weighted by atomic mass is 16.1. The third kappa shape index (κ3) is 2.46. The third-order valence-corrected chi connectivity index (χ3v) is 3.42. The van der Waals surface area contributed by atoms with Gasteiger partial charge in [-0.25, -0.2) is 0 Å². The number of rotatable bonds is 3. The molecule has 0 spiro atoms. The Morgan fingerprint density at radius 1 is 1.35 bits per heavy atom. The van der Waals surface area contributed by atoms with Crippen LogP contribution in [0.4, 0.5) is 0 Å². The van der Waals surface area contributed by atoms with E-state index >= 15 is 0 Å². The van der Waals surface area contributed by atoms with E-state index in [2.05, 4.69) is 0 Å². The Balaban J connectivity index is 2.29. The van der Waals surface area contributed by atoms with Crippen molar-refractivity contribution in [2.75, 3.05) is 0 Å². The molecule has 1 aromatic carbocycles. The van der Waals surface area contributed by atoms with Gasteiger partial charge in [0.2, 0.25) is 0 Å². The summed E-state index contributed by atoms with van der Waals surface area (Å²) in [6, 6.07) is 7.69. The molecule has 90 valence electrons. The van der Waals surface area contributed by atoms with Gasteiger partial charge in [-0.1, -0.05) is 31.2 Å². The number of hydrogen-bond donors (Lipinski definition) is 0. The number of aryl methyl sites for hydroxylation is 1. The van der Waals surface area contributed by atoms with E-state index in [1.165, 1.54) is 0 Å². The molecule has 1 aromatic rings. The average Bonchev–Trinajstić information content (AvgIpc) is 2.50. The van der Waals surface area contributed by atoms with Crippen molar-refractivity contribution in [3.63, 3.8) is 0 Å². The summed E-state index contributed by atoms with van der Waals surface area (Å²) >= 11 is 0. The van der Waals surface area contributed by atoms with E-state index in [0.717, 1.165) is 30.4 Å². The van der Waals surface area contributed by atoms with Crippen LogP contribution in [0.25, 0.3) is 0 Å². The number of benzene rings is 1. The van der Waals surface area contributed by atoms with Crippen LogP contribution in [0.15, 0.2) is 24.3 Å². The van der Waals surface area contributed by atoms with Crippen molar-refractivity contribution in [2.24, 2.45) is 5.92 Å². The van der Waals surface area contributed by atoms with Crippen LogP contribution in [0.3, 0.4) is 0 Å². The Morgan fingerprint density at radius 3 is 2.88 bits per heavy atom. The highest BCUT2D eigenvalue weighted by molar-refractivity contribution is 6.11. The van der Waals surface area contributed by atoms with Crippen LogP contribution >= 0.6 is 0 Å². The summed E-state index contributed by atoms with van der Waals surface area (Å²) < 4.78 is 0. The Bertz CT molecular complexity index is 434. The van der Waals surface area contributed by atoms with Crippen LogP contribution < -0.4 is 0 Å². The molecule has 1 atom stereocenters. The molecule has 2 nitrogen and oxygen atoms in total. The van der Waals surface area contributed by atoms with Gasteiger partial charge in [0, 0.05) is 12.0 Å². The fraction of sp³-hybridized carbons (Fsp3) is 0.467. The molecule has 0 aliphatic heterocycles. The van der Waals surface area contributed by atoms with Crippen LogP contribution in [-0.4, -0.2) is 11.6 Å². The summed E-state index contributed by atoms with van der Waals surface area (Å²) in [7, 11) is 0. The first-order valence-corrected chi connectivity index (χ1v) is 6.39. The molecule has 0 saturated carbocycles. The van der Waals surface area contributed by atoms with Gasteiger partial charge in [-0.05, 0) is 31.2 Å². The zero-order valence-electron chi connectivity index (χ0n) is 10.2. The summed E-state index contributed by atoms with van der Waals surface area (Å²) in [5.41, 5.74) is 1.86. The molecule has 0 radical (unpaired) electrons. The fourth-order valence-electron chi connectivity index (χ4n) is 2.52. The van der Waals surface area contributed by atoms with Crippen molar-refractivity contribution < 1.29 is 9.59 Å². The quantitative estimate of drug-likeness (QED) is 0.590. The van der Waals surface area contributed by atoms with E-state index in [9.17, 15) is 9.59 Å². The molecule has 1 aliphatic carbocycles. The molecule has 1 aliphatic rings. The van der Waals surface area contributed by atoms with E-state index in [1.54, 1.807) is 0 Å². The number of hydrogen-bond acceptors (Lipinski definition) is 2. The zero-order chi connectivity index (χ0) is 12.3. The first kappa shape index (κ1) is 12.0. The molecule has 17 heavy (non-hydrogen) atoms. The highest BCUT2D eigenvalue weighted by Crippen LogP contribution is 2.26. The molecule has 2 rings (SSSR count). The molecule has 2 heteroatoms. The van der Waals surface area contributed by atoms with E-state index in [0.29, 0.717) is 12.8 Å². The van der Waals surface area contributed by atoms with Crippen molar-refractivity contribution in [3.8, 4) is 0 Å². The minimum atomic E-state index is -0.390. The lowest BCUT2D eigenvalue weighted by molar-refractivity contribution is -0.121. The minimum absolute atomic E-state index is 0.0385. The van der Waals surface area contributed by atoms with Gasteiger partial charge < -0.3 is 0 Å². The maximum absolute atomic E-state index is 12.3. The van der Waals surface area contributed by atoms with E-state index in [1.807, 2.05) is 31.2 Å². The van der Waals surface area contributed by atoms with Crippen LogP contribution in [-0.2, 0) is 11.2 Å². The second kappa shape index (κ2) is 5.26. The van der Waals surface area contributed by atoms with Crippen LogP contribution in [0.1, 0.15) is 48.5 Å². The molecule has 0 bridgehead atoms. The maximum atomic E-state index is 12.3. The first-order valence-electron chi connectivity index (χ1n) is 6.39. The Kier molecular flexibility index (Phi) is 3.72. The summed E-state index contributed by atoms with van der Waals surface area (Å²) in [5.74, 6) is -0.232. The summed E-state index contributed by atoms with van der Waals surface area (Å²) in [4.78, 5) is 24.3. The van der Waals surface area contributed by atoms with Gasteiger partial charge in [0.15, 0.2) is 5.78 Å². The lowest BCUT2D eigenvalue weighted by Crippen LogP contribution is -2.23. The lowest BCUT2D eigenvalue weighted by Gasteiger charge is -2.11. The highest BCUT2D eigenvalue weighted by Gasteiger charge is 2.29. The summed E-state index contributed by atoms with van der Waals surface area (Å²) in [5, 5.41) is 0. The summed E-state index contributed by atoms with van der Waals surface area (Å²) in [6.07, 6.45) is 3.91. The third-order valence-electron chi connectivity index (χ3n) is 3.42. The molecule has 0 amide bonds. The number of ketones is 2. The molecule has 0 heterocycles. The zero-order valence-corrected chi connectivity index (χ0v) is 10.2. The number of Topliss-reactive ketones (excluding diaryl/α,β-unsaturated/α-hetero) is 2. The monoisotopic (exact) mass is 230 g/mol. The fourth-order valence-corrected chi connectivity index (χ4v) is 2.52. The molecule has 1 unspecified atom stereocenters. The van der Waals surface area contributed by atoms with E-state index in [-0.39, 0.29) is 11.6 Å². The van der Waals surface area contributed by atoms with Gasteiger partial charge in [-0.2, -0.15) is 0 Å². The Labute approximate surface area is 102 Å². The lowest BCUT2D eigenvalue weighted by atomic mass is 9.89. The first-order chi connectivity index (χ1) is 8.24. The van der Waals surface area contributed by atoms with Gasteiger partial charge in [0.05, 0.1) is 5.92 Å². The second-order valence-electron chi connectivity index (χ2n) is 4.68. The largest absolute Gasteiger partial charge is 0.299 e. The van der Waals surface area contributed by atoms with E-state index < -0.39 is 5.92 Å². The number of fused-ring (bicyclic) bond motifs is 1. The molecular formula is C15H18O2. The Morgan fingerprint density at radius 2 is 2.12 bits per heavy atom. The number of carbonyl (C=O) groups is 2. The van der Waals surface area contributed by atoms with Gasteiger partial charge >= 0.3 is 0 Å². The molecule has 0 N–H and O–H groups in total. The second-order valence-corrected chi connectivity index (χ2v) is 4.68. The predicted octanol–water partition coefficient (Wildman–Crippen LogP) is 3.19. The van der Waals surface area contributed by atoms with E-state index in [4.69, 9.17) is 0 Å². The van der Waals surface area contributed by atoms with Gasteiger partial charge in [-0.3, -0.25) is 9.59 Å². The van der Waals surface area contributed by atoms with Crippen molar-refractivity contribution in [1.82, 2.24) is 0 Å². The van der Waals surface area contributed by atoms with Crippen molar-refractivity contribution in [3.05, 3.63) is 35.4 Å². The van der Waals surface area contributed by atoms with Crippen molar-refractivity contribution >= 4 is 11.6 Å². The normalized spacial score (nSPS) is 19.6. The van der Waals surface area contributed by atoms with Gasteiger partial charge in [0.1, 0.15) is 5.78 Å². The Hall–Kier alpha value is -1.44. The smallest absolute Gasteiger partial charge is 0.173 e. The van der Waals surface area contributed by atoms with Crippen molar-refractivity contribution in [2.45, 2.75) is 39.0 Å². The van der Waals surface area contributed by atoms with Crippen LogP contribution in [0.5, 0.6) is 0 Å². The molecular weight excluding hydrogens is 212 g/mol.